The van der Waals surface area contributed by atoms with Gasteiger partial charge in [0, 0.05) is 39.4 Å². The van der Waals surface area contributed by atoms with Crippen LogP contribution in [0.1, 0.15) is 259 Å². The summed E-state index contributed by atoms with van der Waals surface area (Å²) < 4.78 is 17.1. The highest BCUT2D eigenvalue weighted by Crippen LogP contribution is 2.42. The van der Waals surface area contributed by atoms with Crippen molar-refractivity contribution in [1.29, 1.82) is 0 Å². The van der Waals surface area contributed by atoms with Gasteiger partial charge in [0.15, 0.2) is 57.5 Å². The maximum absolute atomic E-state index is 9.37. The molecule has 0 aliphatic rings. The molecule has 0 amide bonds. The molecule has 0 radical (unpaired) electrons. The number of rotatable bonds is 14. The van der Waals surface area contributed by atoms with E-state index in [1.54, 1.807) is 74.9 Å². The largest absolute Gasteiger partial charge is 0.508 e. The molecule has 0 aliphatic heterocycles. The van der Waals surface area contributed by atoms with Gasteiger partial charge in [0.25, 0.3) is 0 Å². The number of allylic oxidation sites excluding steroid dienone is 9. The van der Waals surface area contributed by atoms with Crippen molar-refractivity contribution in [2.24, 2.45) is 0 Å². The zero-order chi connectivity index (χ0) is 96.6. The number of para-hydroxylation sites is 2. The molecule has 0 fully saturated rings. The molecule has 0 aliphatic carbocycles. The molecule has 10 aromatic rings. The number of hydrogen-bond acceptors (Lipinski definition) is 16. The monoisotopic (exact) mass is 1730 g/mol. The molecule has 127 heavy (non-hydrogen) atoms. The van der Waals surface area contributed by atoms with Crippen molar-refractivity contribution in [3.05, 3.63) is 311 Å². The maximum atomic E-state index is 9.37. The van der Waals surface area contributed by atoms with Gasteiger partial charge in [0.2, 0.25) is 5.75 Å². The fourth-order valence-electron chi connectivity index (χ4n) is 11.5. The lowest BCUT2D eigenvalue weighted by Gasteiger charge is -2.28. The lowest BCUT2D eigenvalue weighted by atomic mass is 9.78. The summed E-state index contributed by atoms with van der Waals surface area (Å²) in [4.78, 5) is 0. The van der Waals surface area contributed by atoms with Gasteiger partial charge in [-0.25, -0.2) is 0 Å². The summed E-state index contributed by atoms with van der Waals surface area (Å²) in [6.45, 7) is 56.6. The molecule has 10 aromatic carbocycles. The van der Waals surface area contributed by atoms with E-state index in [9.17, 15) is 25.5 Å². The second kappa shape index (κ2) is 53.1. The van der Waals surface area contributed by atoms with Crippen LogP contribution < -0.4 is 14.2 Å². The molecule has 16 nitrogen and oxygen atoms in total. The Labute approximate surface area is 757 Å². The van der Waals surface area contributed by atoms with Crippen molar-refractivity contribution in [1.82, 2.24) is 0 Å². The number of ether oxygens (including phenoxy) is 3. The van der Waals surface area contributed by atoms with Crippen molar-refractivity contribution in [2.75, 3.05) is 14.2 Å². The predicted octanol–water partition coefficient (Wildman–Crippen LogP) is 29.6. The van der Waals surface area contributed by atoms with Gasteiger partial charge < -0.3 is 80.6 Å². The molecule has 0 unspecified atom stereocenters. The standard InChI is InChI=1S/C22H28O2.C19H30O.2C10H12O3.2C10H12O2.3C10H12O/c1-16(2)13-18-9-12-20(23-6)21(14-18)24-15-17-7-10-19(11-8-17)22(3,4)5;1-13(2)10-14-11-15(18(3,4)5)12-16(17(14)20-9)19(6,7)8;1-6(2)3-7-4-9(12)10(13)5-8(7)11;1-6(2)5-7-3-4-8(11)10(13)9(7)12;1-7(2)5-8-3-4-9(11)10(12)6-8;1-7(2)6-8-4-3-5-9(11)10(8)12;1-8(2)7-9-3-5-10(11)6-4-9;1-8(2)6-9-4-3-5-10(11)7-9;1-8(2)7-9-5-3-4-6-10(9)11/h7-14H,15H2,1-6H3;10-12H,1-9H3;2*3-5,11-13H,1-2H3;2*3-6,11-12H,1-2H3;3*3-7,11H,1-2H3. The quantitative estimate of drug-likeness (QED) is 0.0356. The van der Waals surface area contributed by atoms with Crippen LogP contribution >= 0.6 is 0 Å². The summed E-state index contributed by atoms with van der Waals surface area (Å²) in [6, 6.07) is 55.9. The fraction of sp³-hybridized carbons (Fsp3) is 0.297. The molecule has 0 atom stereocenters. The molecule has 16 heteroatoms. The molecule has 0 heterocycles. The summed E-state index contributed by atoms with van der Waals surface area (Å²) in [5, 5.41) is 119. The Morgan fingerprint density at radius 1 is 0.252 bits per heavy atom. The van der Waals surface area contributed by atoms with Gasteiger partial charge in [-0.1, -0.05) is 264 Å². The molecule has 0 saturated carbocycles. The Balaban J connectivity index is 0.000000491. The van der Waals surface area contributed by atoms with Gasteiger partial charge in [-0.15, -0.1) is 0 Å². The van der Waals surface area contributed by atoms with E-state index in [1.807, 2.05) is 182 Å². The van der Waals surface area contributed by atoms with Gasteiger partial charge in [0.1, 0.15) is 35.4 Å². The van der Waals surface area contributed by atoms with Crippen LogP contribution in [0.3, 0.4) is 0 Å². The third-order valence-corrected chi connectivity index (χ3v) is 17.5. The molecular weight excluding hydrogens is 1590 g/mol. The van der Waals surface area contributed by atoms with Gasteiger partial charge in [-0.05, 0) is 265 Å². The SMILES string of the molecule is CC(C)=Cc1cc(O)c(O)cc1O.CC(C)=Cc1ccc(O)c(O)c1.CC(C)=Cc1ccc(O)c(O)c1O.CC(C)=Cc1ccc(O)cc1.CC(C)=Cc1cccc(O)c1.CC(C)=Cc1cccc(O)c1O.CC(C)=Cc1ccccc1O.COc1c(C=C(C)C)cc(C(C)(C)C)cc1C(C)(C)C.COc1ccc(C=C(C)C)cc1OCc1ccc(C(C)(C)C)cc1. The number of phenols is 13. The van der Waals surface area contributed by atoms with E-state index in [0.717, 1.165) is 79.0 Å². The van der Waals surface area contributed by atoms with Crippen LogP contribution in [-0.4, -0.2) is 80.6 Å². The lowest BCUT2D eigenvalue weighted by molar-refractivity contribution is 0.284. The van der Waals surface area contributed by atoms with Crippen molar-refractivity contribution in [3.8, 4) is 92.0 Å². The van der Waals surface area contributed by atoms with Crippen molar-refractivity contribution in [3.63, 3.8) is 0 Å². The first-order chi connectivity index (χ1) is 59.0. The van der Waals surface area contributed by atoms with Crippen LogP contribution in [0.4, 0.5) is 0 Å². The fourth-order valence-corrected chi connectivity index (χ4v) is 11.5. The molecular formula is C111H142O16. The Morgan fingerprint density at radius 3 is 1.14 bits per heavy atom. The minimum absolute atomic E-state index is 0.0449. The highest BCUT2D eigenvalue weighted by Gasteiger charge is 2.25. The number of methoxy groups -OCH3 is 2. The van der Waals surface area contributed by atoms with Crippen LogP contribution in [-0.2, 0) is 22.9 Å². The summed E-state index contributed by atoms with van der Waals surface area (Å²) >= 11 is 0. The number of phenolic OH excluding ortho intramolecular Hbond substituents is 13. The molecule has 0 saturated heterocycles. The van der Waals surface area contributed by atoms with Crippen molar-refractivity contribution in [2.45, 2.75) is 210 Å². The normalized spacial score (nSPS) is 10.2. The van der Waals surface area contributed by atoms with Crippen LogP contribution in [0.15, 0.2) is 238 Å². The summed E-state index contributed by atoms with van der Waals surface area (Å²) in [7, 11) is 3.44. The predicted molar refractivity (Wildman–Crippen MR) is 534 cm³/mol. The highest BCUT2D eigenvalue weighted by molar-refractivity contribution is 5.69. The lowest BCUT2D eigenvalue weighted by Crippen LogP contribution is -2.18. The van der Waals surface area contributed by atoms with E-state index in [4.69, 9.17) is 55.1 Å². The Kier molecular flexibility index (Phi) is 45.9. The third kappa shape index (κ3) is 42.7. The Morgan fingerprint density at radius 2 is 0.661 bits per heavy atom. The molecule has 0 bridgehead atoms. The zero-order valence-corrected chi connectivity index (χ0v) is 80.3. The van der Waals surface area contributed by atoms with E-state index < -0.39 is 5.75 Å². The second-order valence-corrected chi connectivity index (χ2v) is 35.8. The first kappa shape index (κ1) is 110. The van der Waals surface area contributed by atoms with E-state index in [1.165, 1.54) is 86.5 Å². The Bertz CT molecular complexity index is 5410. The molecule has 0 spiro atoms. The molecule has 13 N–H and O–H groups in total. The van der Waals surface area contributed by atoms with Gasteiger partial charge >= 0.3 is 0 Å². The summed E-state index contributed by atoms with van der Waals surface area (Å²) in [5.74, 6) is 1.54. The number of benzene rings is 10. The number of hydrogen-bond donors (Lipinski definition) is 13. The number of aromatic hydroxyl groups is 13. The average Bonchev–Trinajstić information content (AvgIpc) is 0.778. The van der Waals surface area contributed by atoms with Gasteiger partial charge in [0.05, 0.1) is 14.2 Å². The van der Waals surface area contributed by atoms with Crippen LogP contribution in [0.25, 0.3) is 54.7 Å². The minimum atomic E-state index is -0.477. The average molecular weight is 1730 g/mol. The van der Waals surface area contributed by atoms with E-state index >= 15 is 0 Å². The van der Waals surface area contributed by atoms with Gasteiger partial charge in [-0.2, -0.15) is 0 Å². The summed E-state index contributed by atoms with van der Waals surface area (Å²) in [5.41, 5.74) is 23.8. The van der Waals surface area contributed by atoms with Crippen LogP contribution in [0.2, 0.25) is 0 Å². The first-order valence-corrected chi connectivity index (χ1v) is 41.9. The summed E-state index contributed by atoms with van der Waals surface area (Å²) in [6.07, 6.45) is 17.6. The van der Waals surface area contributed by atoms with E-state index in [0.29, 0.717) is 40.5 Å². The maximum Gasteiger partial charge on any atom is 0.200 e. The minimum Gasteiger partial charge on any atom is -0.508 e. The third-order valence-electron chi connectivity index (χ3n) is 17.5. The zero-order valence-electron chi connectivity index (χ0n) is 80.3. The van der Waals surface area contributed by atoms with E-state index in [-0.39, 0.29) is 68.0 Å². The van der Waals surface area contributed by atoms with Gasteiger partial charge in [-0.3, -0.25) is 0 Å². The molecule has 10 rings (SSSR count). The van der Waals surface area contributed by atoms with Crippen LogP contribution in [0, 0.1) is 0 Å². The topological polar surface area (TPSA) is 291 Å². The molecule has 682 valence electrons. The van der Waals surface area contributed by atoms with Crippen LogP contribution in [0.5, 0.6) is 92.0 Å². The second-order valence-electron chi connectivity index (χ2n) is 35.8. The molecule has 0 aromatic heterocycles. The van der Waals surface area contributed by atoms with E-state index in [2.05, 4.69) is 145 Å². The smallest absolute Gasteiger partial charge is 0.200 e. The van der Waals surface area contributed by atoms with Crippen molar-refractivity contribution >= 4 is 54.7 Å². The first-order valence-electron chi connectivity index (χ1n) is 41.9. The highest BCUT2D eigenvalue weighted by atomic mass is 16.5. The van der Waals surface area contributed by atoms with Crippen molar-refractivity contribution < 1.29 is 80.6 Å². The Hall–Kier alpha value is -13.3.